The third kappa shape index (κ3) is 1.81. The van der Waals surface area contributed by atoms with E-state index >= 15 is 0 Å². The second-order valence-electron chi connectivity index (χ2n) is 3.96. The molecule has 1 aromatic carbocycles. The van der Waals surface area contributed by atoms with Gasteiger partial charge < -0.3 is 9.47 Å². The third-order valence-corrected chi connectivity index (χ3v) is 2.79. The van der Waals surface area contributed by atoms with Crippen molar-refractivity contribution in [1.29, 1.82) is 0 Å². The summed E-state index contributed by atoms with van der Waals surface area (Å²) in [7, 11) is 1.80. The zero-order chi connectivity index (χ0) is 12.5. The Bertz CT molecular complexity index is 606. The summed E-state index contributed by atoms with van der Waals surface area (Å²) in [5, 5.41) is 3.95. The van der Waals surface area contributed by atoms with Crippen molar-refractivity contribution in [2.24, 2.45) is 7.05 Å². The van der Waals surface area contributed by atoms with Crippen LogP contribution in [0.3, 0.4) is 0 Å². The molecule has 2 aromatic rings. The summed E-state index contributed by atoms with van der Waals surface area (Å²) < 4.78 is 12.5. The van der Waals surface area contributed by atoms with E-state index in [1.54, 1.807) is 29.9 Å². The first kappa shape index (κ1) is 10.8. The molecule has 0 bridgehead atoms. The number of ketones is 1. The van der Waals surface area contributed by atoms with Crippen molar-refractivity contribution in [3.63, 3.8) is 0 Å². The van der Waals surface area contributed by atoms with Gasteiger partial charge in [-0.25, -0.2) is 4.98 Å². The molecule has 0 saturated heterocycles. The molecule has 0 atom stereocenters. The largest absolute Gasteiger partial charge is 0.485 e. The number of aromatic nitrogens is 3. The highest BCUT2D eigenvalue weighted by atomic mass is 16.5. The predicted molar refractivity (Wildman–Crippen MR) is 61.6 cm³/mol. The minimum atomic E-state index is 0.00449. The molecule has 1 aromatic heterocycles. The predicted octanol–water partition coefficient (Wildman–Crippen LogP) is 0.969. The van der Waals surface area contributed by atoms with Crippen LogP contribution in [-0.4, -0.2) is 27.2 Å². The normalized spacial score (nSPS) is 13.3. The van der Waals surface area contributed by atoms with Crippen molar-refractivity contribution in [3.8, 4) is 11.5 Å². The lowest BCUT2D eigenvalue weighted by molar-refractivity contribution is 0.0961. The van der Waals surface area contributed by atoms with Crippen LogP contribution in [0.25, 0.3) is 0 Å². The summed E-state index contributed by atoms with van der Waals surface area (Å²) in [5.41, 5.74) is 0.612. The van der Waals surface area contributed by atoms with Gasteiger partial charge >= 0.3 is 0 Å². The Morgan fingerprint density at radius 1 is 1.50 bits per heavy atom. The van der Waals surface area contributed by atoms with Crippen LogP contribution >= 0.6 is 0 Å². The molecule has 0 saturated carbocycles. The maximum absolute atomic E-state index is 11.4. The highest BCUT2D eigenvalue weighted by Crippen LogP contribution is 2.29. The number of hydrogen-bond acceptors (Lipinski definition) is 5. The maximum atomic E-state index is 11.4. The summed E-state index contributed by atoms with van der Waals surface area (Å²) in [4.78, 5) is 15.4. The van der Waals surface area contributed by atoms with Crippen molar-refractivity contribution < 1.29 is 14.3 Å². The van der Waals surface area contributed by atoms with E-state index in [-0.39, 0.29) is 12.4 Å². The Morgan fingerprint density at radius 2 is 2.39 bits per heavy atom. The van der Waals surface area contributed by atoms with E-state index in [1.165, 1.54) is 6.33 Å². The summed E-state index contributed by atoms with van der Waals surface area (Å²) in [6.45, 7) is 0.436. The second-order valence-corrected chi connectivity index (χ2v) is 3.96. The molecule has 6 heteroatoms. The number of nitrogens with zero attached hydrogens (tertiary/aromatic N) is 3. The Balaban J connectivity index is 1.75. The molecule has 92 valence electrons. The second kappa shape index (κ2) is 4.14. The van der Waals surface area contributed by atoms with Gasteiger partial charge in [0.25, 0.3) is 0 Å². The van der Waals surface area contributed by atoms with Gasteiger partial charge in [-0.3, -0.25) is 9.48 Å². The van der Waals surface area contributed by atoms with E-state index < -0.39 is 0 Å². The minimum absolute atomic E-state index is 0.00449. The molecular formula is C12H11N3O3. The van der Waals surface area contributed by atoms with E-state index in [9.17, 15) is 4.79 Å². The summed E-state index contributed by atoms with van der Waals surface area (Å²) in [6.07, 6.45) is 1.48. The van der Waals surface area contributed by atoms with Gasteiger partial charge in [0.1, 0.15) is 24.4 Å². The van der Waals surface area contributed by atoms with Gasteiger partial charge in [-0.1, -0.05) is 0 Å². The fourth-order valence-corrected chi connectivity index (χ4v) is 1.76. The van der Waals surface area contributed by atoms with E-state index in [4.69, 9.17) is 9.47 Å². The maximum Gasteiger partial charge on any atom is 0.203 e. The standard InChI is InChI=1S/C12H11N3O3/c1-15-12(13-7-14-15)6-17-8-2-3-9-10(16)5-18-11(9)4-8/h2-4,7H,5-6H2,1H3. The molecule has 1 aliphatic rings. The van der Waals surface area contributed by atoms with Gasteiger partial charge in [-0.15, -0.1) is 0 Å². The lowest BCUT2D eigenvalue weighted by Gasteiger charge is -2.06. The van der Waals surface area contributed by atoms with Crippen LogP contribution in [0.5, 0.6) is 11.5 Å². The fourth-order valence-electron chi connectivity index (χ4n) is 1.76. The smallest absolute Gasteiger partial charge is 0.203 e. The van der Waals surface area contributed by atoms with Gasteiger partial charge in [-0.2, -0.15) is 5.10 Å². The Hall–Kier alpha value is -2.37. The number of hydrogen-bond donors (Lipinski definition) is 0. The van der Waals surface area contributed by atoms with E-state index in [0.717, 1.165) is 5.82 Å². The summed E-state index contributed by atoms with van der Waals surface area (Å²) in [6, 6.07) is 5.19. The van der Waals surface area contributed by atoms with Crippen molar-refractivity contribution in [3.05, 3.63) is 35.9 Å². The van der Waals surface area contributed by atoms with Gasteiger partial charge in [-0.05, 0) is 12.1 Å². The van der Waals surface area contributed by atoms with Gasteiger partial charge in [0.05, 0.1) is 5.56 Å². The van der Waals surface area contributed by atoms with E-state index in [2.05, 4.69) is 10.1 Å². The van der Waals surface area contributed by atoms with Crippen molar-refractivity contribution in [2.75, 3.05) is 6.61 Å². The molecule has 0 N–H and O–H groups in total. The van der Waals surface area contributed by atoms with Gasteiger partial charge in [0.15, 0.2) is 12.4 Å². The summed E-state index contributed by atoms with van der Waals surface area (Å²) in [5.74, 6) is 1.96. The highest BCUT2D eigenvalue weighted by Gasteiger charge is 2.21. The number of aryl methyl sites for hydroxylation is 1. The SMILES string of the molecule is Cn1ncnc1COc1ccc2c(c1)OCC2=O. The molecule has 2 heterocycles. The Labute approximate surface area is 103 Å². The number of fused-ring (bicyclic) bond motifs is 1. The average molecular weight is 245 g/mol. The monoisotopic (exact) mass is 245 g/mol. The molecule has 0 aliphatic carbocycles. The molecule has 0 unspecified atom stereocenters. The highest BCUT2D eigenvalue weighted by molar-refractivity contribution is 6.02. The fraction of sp³-hybridized carbons (Fsp3) is 0.250. The van der Waals surface area contributed by atoms with Crippen LogP contribution in [0.15, 0.2) is 24.5 Å². The van der Waals surface area contributed by atoms with E-state index in [1.807, 2.05) is 0 Å². The van der Waals surface area contributed by atoms with Crippen molar-refractivity contribution in [1.82, 2.24) is 14.8 Å². The quantitative estimate of drug-likeness (QED) is 0.806. The van der Waals surface area contributed by atoms with Crippen LogP contribution in [0.1, 0.15) is 16.2 Å². The third-order valence-electron chi connectivity index (χ3n) is 2.79. The first-order valence-corrected chi connectivity index (χ1v) is 5.50. The number of benzene rings is 1. The number of Topliss-reactive ketones (excluding diaryl/α,β-unsaturated/α-hetero) is 1. The number of ether oxygens (including phenoxy) is 2. The Morgan fingerprint density at radius 3 is 3.17 bits per heavy atom. The van der Waals surface area contributed by atoms with Crippen LogP contribution in [0, 0.1) is 0 Å². The van der Waals surface area contributed by atoms with E-state index in [0.29, 0.717) is 23.7 Å². The molecule has 0 radical (unpaired) electrons. The topological polar surface area (TPSA) is 66.2 Å². The van der Waals surface area contributed by atoms with Crippen molar-refractivity contribution in [2.45, 2.75) is 6.61 Å². The van der Waals surface area contributed by atoms with Crippen LogP contribution < -0.4 is 9.47 Å². The van der Waals surface area contributed by atoms with Crippen molar-refractivity contribution >= 4 is 5.78 Å². The lowest BCUT2D eigenvalue weighted by atomic mass is 10.1. The lowest BCUT2D eigenvalue weighted by Crippen LogP contribution is -2.04. The number of carbonyl (C=O) groups is 1. The molecular weight excluding hydrogens is 234 g/mol. The van der Waals surface area contributed by atoms with Crippen LogP contribution in [0.4, 0.5) is 0 Å². The number of rotatable bonds is 3. The van der Waals surface area contributed by atoms with Gasteiger partial charge in [0, 0.05) is 13.1 Å². The zero-order valence-electron chi connectivity index (χ0n) is 9.79. The Kier molecular flexibility index (Phi) is 2.47. The first-order valence-electron chi connectivity index (χ1n) is 5.50. The number of carbonyl (C=O) groups excluding carboxylic acids is 1. The van der Waals surface area contributed by atoms with Crippen LogP contribution in [0.2, 0.25) is 0 Å². The molecule has 1 aliphatic heterocycles. The molecule has 6 nitrogen and oxygen atoms in total. The summed E-state index contributed by atoms with van der Waals surface area (Å²) >= 11 is 0. The molecule has 18 heavy (non-hydrogen) atoms. The molecule has 0 fully saturated rings. The molecule has 3 rings (SSSR count). The van der Waals surface area contributed by atoms with Gasteiger partial charge in [0.2, 0.25) is 5.78 Å². The average Bonchev–Trinajstić information content (AvgIpc) is 2.94. The zero-order valence-corrected chi connectivity index (χ0v) is 9.79. The molecule has 0 amide bonds. The minimum Gasteiger partial charge on any atom is -0.485 e. The molecule has 0 spiro atoms. The van der Waals surface area contributed by atoms with Crippen LogP contribution in [-0.2, 0) is 13.7 Å². The first-order chi connectivity index (χ1) is 8.74.